The standard InChI is InChI=1S/C23H27ClFN3O4/c1-30-20-12-22(32-3)21(31-2)10-17(20)13-26-27-23(29)15-6-8-28(9-7-15)14-16-4-5-18(25)11-19(16)24/h4-5,10-13,15H,6-9,14H2,1-3H3,(H,27,29)/b26-13-. The summed E-state index contributed by atoms with van der Waals surface area (Å²) in [5.41, 5.74) is 4.15. The summed E-state index contributed by atoms with van der Waals surface area (Å²) < 4.78 is 29.1. The van der Waals surface area contributed by atoms with E-state index in [1.165, 1.54) is 18.3 Å². The number of carbonyl (C=O) groups excluding carboxylic acids is 1. The largest absolute Gasteiger partial charge is 0.496 e. The molecule has 172 valence electrons. The lowest BCUT2D eigenvalue weighted by Gasteiger charge is -2.31. The Morgan fingerprint density at radius 3 is 2.41 bits per heavy atom. The average molecular weight is 464 g/mol. The number of nitrogens with zero attached hydrogens (tertiary/aromatic N) is 2. The van der Waals surface area contributed by atoms with Crippen LogP contribution in [0.5, 0.6) is 17.2 Å². The van der Waals surface area contributed by atoms with Crippen molar-refractivity contribution in [2.24, 2.45) is 11.0 Å². The van der Waals surface area contributed by atoms with Gasteiger partial charge in [-0.2, -0.15) is 5.10 Å². The number of ether oxygens (including phenoxy) is 3. The number of piperidine rings is 1. The molecule has 0 spiro atoms. The molecule has 1 N–H and O–H groups in total. The zero-order chi connectivity index (χ0) is 23.1. The van der Waals surface area contributed by atoms with Crippen LogP contribution >= 0.6 is 11.6 Å². The molecule has 0 aromatic heterocycles. The molecule has 1 fully saturated rings. The number of rotatable bonds is 8. The van der Waals surface area contributed by atoms with E-state index in [1.54, 1.807) is 39.5 Å². The van der Waals surface area contributed by atoms with E-state index < -0.39 is 0 Å². The normalized spacial score (nSPS) is 15.0. The summed E-state index contributed by atoms with van der Waals surface area (Å²) in [5.74, 6) is 1.03. The number of hydrogen-bond donors (Lipinski definition) is 1. The van der Waals surface area contributed by atoms with Crippen molar-refractivity contribution >= 4 is 23.7 Å². The highest BCUT2D eigenvalue weighted by molar-refractivity contribution is 6.31. The molecule has 32 heavy (non-hydrogen) atoms. The van der Waals surface area contributed by atoms with Gasteiger partial charge < -0.3 is 14.2 Å². The van der Waals surface area contributed by atoms with E-state index >= 15 is 0 Å². The van der Waals surface area contributed by atoms with Crippen LogP contribution < -0.4 is 19.6 Å². The second kappa shape index (κ2) is 11.2. The first kappa shape index (κ1) is 23.8. The predicted octanol–water partition coefficient (Wildman–Crippen LogP) is 3.87. The molecule has 1 amide bonds. The predicted molar refractivity (Wildman–Crippen MR) is 121 cm³/mol. The van der Waals surface area contributed by atoms with Gasteiger partial charge >= 0.3 is 0 Å². The fourth-order valence-electron chi connectivity index (χ4n) is 3.65. The Kier molecular flexibility index (Phi) is 8.30. The van der Waals surface area contributed by atoms with Gasteiger partial charge in [-0.25, -0.2) is 9.82 Å². The molecule has 0 unspecified atom stereocenters. The monoisotopic (exact) mass is 463 g/mol. The Bertz CT molecular complexity index is 978. The molecule has 0 atom stereocenters. The summed E-state index contributed by atoms with van der Waals surface area (Å²) >= 11 is 6.12. The third-order valence-corrected chi connectivity index (χ3v) is 5.83. The smallest absolute Gasteiger partial charge is 0.243 e. The molecular formula is C23H27ClFN3O4. The van der Waals surface area contributed by atoms with E-state index in [1.807, 2.05) is 0 Å². The van der Waals surface area contributed by atoms with E-state index in [9.17, 15) is 9.18 Å². The number of amides is 1. The van der Waals surface area contributed by atoms with Crippen LogP contribution in [0.4, 0.5) is 4.39 Å². The van der Waals surface area contributed by atoms with Crippen molar-refractivity contribution in [3.63, 3.8) is 0 Å². The third-order valence-electron chi connectivity index (χ3n) is 5.48. The molecule has 9 heteroatoms. The number of nitrogens with one attached hydrogen (secondary N) is 1. The van der Waals surface area contributed by atoms with E-state index in [4.69, 9.17) is 25.8 Å². The zero-order valence-electron chi connectivity index (χ0n) is 18.4. The fraction of sp³-hybridized carbons (Fsp3) is 0.391. The van der Waals surface area contributed by atoms with Gasteiger partial charge in [0.15, 0.2) is 11.5 Å². The quantitative estimate of drug-likeness (QED) is 0.475. The lowest BCUT2D eigenvalue weighted by Crippen LogP contribution is -2.39. The molecule has 0 bridgehead atoms. The van der Waals surface area contributed by atoms with Crippen molar-refractivity contribution in [2.45, 2.75) is 19.4 Å². The maximum Gasteiger partial charge on any atom is 0.243 e. The number of hydrazone groups is 1. The third kappa shape index (κ3) is 5.89. The van der Waals surface area contributed by atoms with Crippen LogP contribution in [0, 0.1) is 11.7 Å². The molecule has 7 nitrogen and oxygen atoms in total. The zero-order valence-corrected chi connectivity index (χ0v) is 19.1. The highest BCUT2D eigenvalue weighted by atomic mass is 35.5. The van der Waals surface area contributed by atoms with E-state index in [0.717, 1.165) is 18.7 Å². The minimum Gasteiger partial charge on any atom is -0.496 e. The topological polar surface area (TPSA) is 72.4 Å². The molecule has 1 saturated heterocycles. The summed E-state index contributed by atoms with van der Waals surface area (Å²) in [4.78, 5) is 14.7. The second-order valence-electron chi connectivity index (χ2n) is 7.47. The van der Waals surface area contributed by atoms with Gasteiger partial charge in [0.1, 0.15) is 11.6 Å². The molecule has 1 aliphatic rings. The molecule has 1 aliphatic heterocycles. The number of benzene rings is 2. The summed E-state index contributed by atoms with van der Waals surface area (Å²) in [6.45, 7) is 2.13. The molecule has 2 aromatic rings. The first-order valence-corrected chi connectivity index (χ1v) is 10.6. The van der Waals surface area contributed by atoms with Crippen molar-refractivity contribution < 1.29 is 23.4 Å². The van der Waals surface area contributed by atoms with Crippen molar-refractivity contribution in [1.29, 1.82) is 0 Å². The number of hydrogen-bond acceptors (Lipinski definition) is 6. The first-order valence-electron chi connectivity index (χ1n) is 10.2. The fourth-order valence-corrected chi connectivity index (χ4v) is 3.88. The van der Waals surface area contributed by atoms with Gasteiger partial charge in [-0.1, -0.05) is 17.7 Å². The van der Waals surface area contributed by atoms with E-state index in [0.29, 0.717) is 47.2 Å². The van der Waals surface area contributed by atoms with Gasteiger partial charge in [0.25, 0.3) is 0 Å². The Morgan fingerprint density at radius 2 is 1.78 bits per heavy atom. The number of methoxy groups -OCH3 is 3. The minimum atomic E-state index is -0.347. The molecule has 0 aliphatic carbocycles. The highest BCUT2D eigenvalue weighted by Gasteiger charge is 2.25. The molecule has 0 radical (unpaired) electrons. The van der Waals surface area contributed by atoms with Crippen LogP contribution in [0.25, 0.3) is 0 Å². The average Bonchev–Trinajstić information content (AvgIpc) is 2.80. The Labute approximate surface area is 192 Å². The van der Waals surface area contributed by atoms with Crippen LogP contribution in [0.2, 0.25) is 5.02 Å². The molecule has 1 heterocycles. The SMILES string of the molecule is COc1cc(OC)c(OC)cc1/C=N\NC(=O)C1CCN(Cc2ccc(F)cc2Cl)CC1. The van der Waals surface area contributed by atoms with Gasteiger partial charge in [-0.05, 0) is 49.7 Å². The number of carbonyl (C=O) groups is 1. The molecule has 3 rings (SSSR count). The minimum absolute atomic E-state index is 0.125. The summed E-state index contributed by atoms with van der Waals surface area (Å²) in [5, 5.41) is 4.52. The van der Waals surface area contributed by atoms with Gasteiger partial charge in [0, 0.05) is 29.1 Å². The highest BCUT2D eigenvalue weighted by Crippen LogP contribution is 2.33. The lowest BCUT2D eigenvalue weighted by molar-refractivity contribution is -0.126. The molecule has 0 saturated carbocycles. The van der Waals surface area contributed by atoms with Crippen LogP contribution in [0.3, 0.4) is 0 Å². The summed E-state index contributed by atoms with van der Waals surface area (Å²) in [7, 11) is 4.64. The van der Waals surface area contributed by atoms with Crippen LogP contribution in [-0.4, -0.2) is 51.4 Å². The molecule has 2 aromatic carbocycles. The first-order chi connectivity index (χ1) is 15.4. The van der Waals surface area contributed by atoms with Crippen molar-refractivity contribution in [3.8, 4) is 17.2 Å². The van der Waals surface area contributed by atoms with Gasteiger partial charge in [0.2, 0.25) is 5.91 Å². The maximum absolute atomic E-state index is 13.2. The summed E-state index contributed by atoms with van der Waals surface area (Å²) in [6.07, 6.45) is 2.93. The Balaban J connectivity index is 1.53. The van der Waals surface area contributed by atoms with Crippen LogP contribution in [0.15, 0.2) is 35.4 Å². The van der Waals surface area contributed by atoms with E-state index in [-0.39, 0.29) is 17.6 Å². The lowest BCUT2D eigenvalue weighted by atomic mass is 9.96. The number of likely N-dealkylation sites (tertiary alicyclic amines) is 1. The molecular weight excluding hydrogens is 437 g/mol. The van der Waals surface area contributed by atoms with Gasteiger partial charge in [-0.15, -0.1) is 0 Å². The Hall–Kier alpha value is -2.84. The van der Waals surface area contributed by atoms with Gasteiger partial charge in [-0.3, -0.25) is 9.69 Å². The van der Waals surface area contributed by atoms with Crippen LogP contribution in [-0.2, 0) is 11.3 Å². The van der Waals surface area contributed by atoms with Crippen molar-refractivity contribution in [1.82, 2.24) is 10.3 Å². The van der Waals surface area contributed by atoms with Gasteiger partial charge in [0.05, 0.1) is 27.5 Å². The van der Waals surface area contributed by atoms with Crippen molar-refractivity contribution in [2.75, 3.05) is 34.4 Å². The Morgan fingerprint density at radius 1 is 1.12 bits per heavy atom. The second-order valence-corrected chi connectivity index (χ2v) is 7.88. The summed E-state index contributed by atoms with van der Waals surface area (Å²) in [6, 6.07) is 7.86. The number of halogens is 2. The van der Waals surface area contributed by atoms with E-state index in [2.05, 4.69) is 15.4 Å². The maximum atomic E-state index is 13.2. The van der Waals surface area contributed by atoms with Crippen LogP contribution in [0.1, 0.15) is 24.0 Å². The van der Waals surface area contributed by atoms with Crippen molar-refractivity contribution in [3.05, 3.63) is 52.3 Å².